The van der Waals surface area contributed by atoms with E-state index in [1.807, 2.05) is 30.3 Å². The SMILES string of the molecule is COc1ccc(NC(=O)c2cccc([Se]c3c[nH]c4ccccc34)c2)cc1OC. The number of aromatic nitrogens is 1. The zero-order valence-electron chi connectivity index (χ0n) is 16.1. The van der Waals surface area contributed by atoms with Gasteiger partial charge in [0.05, 0.1) is 0 Å². The number of hydrogen-bond acceptors (Lipinski definition) is 3. The Morgan fingerprint density at radius 1 is 0.931 bits per heavy atom. The van der Waals surface area contributed by atoms with Gasteiger partial charge < -0.3 is 0 Å². The first-order chi connectivity index (χ1) is 14.2. The van der Waals surface area contributed by atoms with Gasteiger partial charge in [-0.3, -0.25) is 0 Å². The third kappa shape index (κ3) is 4.14. The van der Waals surface area contributed by atoms with Crippen LogP contribution in [0.2, 0.25) is 0 Å². The van der Waals surface area contributed by atoms with Gasteiger partial charge in [-0.15, -0.1) is 0 Å². The summed E-state index contributed by atoms with van der Waals surface area (Å²) in [6.45, 7) is 0. The van der Waals surface area contributed by atoms with Crippen molar-refractivity contribution in [2.45, 2.75) is 0 Å². The van der Waals surface area contributed by atoms with Crippen LogP contribution in [-0.4, -0.2) is 40.1 Å². The Morgan fingerprint density at radius 3 is 2.59 bits per heavy atom. The zero-order chi connectivity index (χ0) is 20.2. The first-order valence-corrected chi connectivity index (χ1v) is 10.8. The number of carbonyl (C=O) groups is 1. The molecule has 0 aliphatic heterocycles. The Kier molecular flexibility index (Phi) is 5.56. The number of fused-ring (bicyclic) bond motifs is 1. The minimum atomic E-state index is -0.159. The molecule has 1 heterocycles. The topological polar surface area (TPSA) is 63.3 Å². The molecule has 2 N–H and O–H groups in total. The maximum atomic E-state index is 12.8. The third-order valence-corrected chi connectivity index (χ3v) is 6.71. The van der Waals surface area contributed by atoms with Crippen LogP contribution in [0.1, 0.15) is 10.4 Å². The van der Waals surface area contributed by atoms with Gasteiger partial charge in [0.25, 0.3) is 0 Å². The van der Waals surface area contributed by atoms with Crippen molar-refractivity contribution in [1.29, 1.82) is 0 Å². The molecule has 1 aromatic heterocycles. The summed E-state index contributed by atoms with van der Waals surface area (Å²) in [7, 11) is 3.15. The standard InChI is InChI=1S/C23H20N2O3Se/c1-27-20-11-10-16(13-21(20)28-2)25-23(26)15-6-5-7-17(12-15)29-22-14-24-19-9-4-3-8-18(19)22/h3-14,24H,1-2H3,(H,25,26). The van der Waals surface area contributed by atoms with Gasteiger partial charge in [-0.05, 0) is 0 Å². The summed E-state index contributed by atoms with van der Waals surface area (Å²) in [6.07, 6.45) is 2.06. The summed E-state index contributed by atoms with van der Waals surface area (Å²) in [4.78, 5) is 16.1. The van der Waals surface area contributed by atoms with Gasteiger partial charge in [-0.25, -0.2) is 0 Å². The van der Waals surface area contributed by atoms with Crippen molar-refractivity contribution in [2.75, 3.05) is 19.5 Å². The molecule has 3 aromatic carbocycles. The molecule has 0 fully saturated rings. The van der Waals surface area contributed by atoms with E-state index < -0.39 is 0 Å². The molecule has 0 unspecified atom stereocenters. The number of benzene rings is 3. The van der Waals surface area contributed by atoms with Crippen molar-refractivity contribution in [1.82, 2.24) is 4.98 Å². The van der Waals surface area contributed by atoms with Crippen molar-refractivity contribution in [3.63, 3.8) is 0 Å². The Morgan fingerprint density at radius 2 is 1.76 bits per heavy atom. The molecule has 4 rings (SSSR count). The normalized spacial score (nSPS) is 10.7. The van der Waals surface area contributed by atoms with Gasteiger partial charge in [0.15, 0.2) is 0 Å². The summed E-state index contributed by atoms with van der Waals surface area (Å²) in [6, 6.07) is 21.3. The maximum absolute atomic E-state index is 12.8. The number of nitrogens with one attached hydrogen (secondary N) is 2. The van der Waals surface area contributed by atoms with Gasteiger partial charge in [-0.2, -0.15) is 0 Å². The van der Waals surface area contributed by atoms with E-state index in [9.17, 15) is 4.79 Å². The molecule has 0 atom stereocenters. The number of aromatic amines is 1. The van der Waals surface area contributed by atoms with E-state index in [4.69, 9.17) is 9.47 Å². The molecule has 0 bridgehead atoms. The molecule has 1 amide bonds. The number of rotatable bonds is 6. The van der Waals surface area contributed by atoms with Crippen molar-refractivity contribution in [2.24, 2.45) is 0 Å². The van der Waals surface area contributed by atoms with Gasteiger partial charge >= 0.3 is 175 Å². The second-order valence-corrected chi connectivity index (χ2v) is 8.69. The van der Waals surface area contributed by atoms with Crippen LogP contribution in [0.3, 0.4) is 0 Å². The number of anilines is 1. The predicted molar refractivity (Wildman–Crippen MR) is 117 cm³/mol. The first kappa shape index (κ1) is 19.1. The van der Waals surface area contributed by atoms with Crippen LogP contribution in [0, 0.1) is 0 Å². The fourth-order valence-electron chi connectivity index (χ4n) is 3.07. The second kappa shape index (κ2) is 8.43. The van der Waals surface area contributed by atoms with Crippen LogP contribution < -0.4 is 23.7 Å². The molecular weight excluding hydrogens is 431 g/mol. The van der Waals surface area contributed by atoms with Crippen LogP contribution in [0.4, 0.5) is 5.69 Å². The van der Waals surface area contributed by atoms with Crippen molar-refractivity contribution in [3.05, 3.63) is 78.5 Å². The second-order valence-electron chi connectivity index (χ2n) is 6.35. The summed E-state index contributed by atoms with van der Waals surface area (Å²) >= 11 is 0.0965. The number of para-hydroxylation sites is 1. The average Bonchev–Trinajstić information content (AvgIpc) is 3.16. The number of carbonyl (C=O) groups excluding carboxylic acids is 1. The Hall–Kier alpha value is -3.21. The molecule has 0 saturated heterocycles. The van der Waals surface area contributed by atoms with Crippen molar-refractivity contribution < 1.29 is 14.3 Å². The molecule has 6 heteroatoms. The monoisotopic (exact) mass is 452 g/mol. The van der Waals surface area contributed by atoms with E-state index in [0.717, 1.165) is 9.98 Å². The average molecular weight is 451 g/mol. The Labute approximate surface area is 175 Å². The summed E-state index contributed by atoms with van der Waals surface area (Å²) in [5.41, 5.74) is 2.41. The van der Waals surface area contributed by atoms with E-state index in [2.05, 4.69) is 34.7 Å². The molecule has 0 spiro atoms. The molecular formula is C23H20N2O3Se. The van der Waals surface area contributed by atoms with Crippen LogP contribution in [0.5, 0.6) is 11.5 Å². The minimum absolute atomic E-state index is 0.0965. The van der Waals surface area contributed by atoms with E-state index in [-0.39, 0.29) is 20.9 Å². The van der Waals surface area contributed by atoms with Crippen molar-refractivity contribution in [3.8, 4) is 11.5 Å². The molecule has 4 aromatic rings. The molecule has 0 radical (unpaired) electrons. The quantitative estimate of drug-likeness (QED) is 0.443. The number of methoxy groups -OCH3 is 2. The molecule has 29 heavy (non-hydrogen) atoms. The molecule has 146 valence electrons. The molecule has 0 aliphatic carbocycles. The van der Waals surface area contributed by atoms with Crippen LogP contribution >= 0.6 is 0 Å². The number of amides is 1. The predicted octanol–water partition coefficient (Wildman–Crippen LogP) is 3.09. The van der Waals surface area contributed by atoms with Crippen LogP contribution in [0.25, 0.3) is 10.9 Å². The molecule has 0 aliphatic rings. The molecule has 0 saturated carbocycles. The first-order valence-electron chi connectivity index (χ1n) is 9.05. The van der Waals surface area contributed by atoms with Gasteiger partial charge in [-0.1, -0.05) is 0 Å². The van der Waals surface area contributed by atoms with E-state index in [1.165, 1.54) is 9.85 Å². The number of hydrogen-bond donors (Lipinski definition) is 2. The van der Waals surface area contributed by atoms with E-state index in [0.29, 0.717) is 22.7 Å². The van der Waals surface area contributed by atoms with E-state index >= 15 is 0 Å². The Bertz CT molecular complexity index is 1170. The van der Waals surface area contributed by atoms with Gasteiger partial charge in [0.1, 0.15) is 0 Å². The summed E-state index contributed by atoms with van der Waals surface area (Å²) < 4.78 is 12.9. The third-order valence-electron chi connectivity index (χ3n) is 4.52. The molecule has 5 nitrogen and oxygen atoms in total. The summed E-state index contributed by atoms with van der Waals surface area (Å²) in [5.74, 6) is 1.03. The van der Waals surface area contributed by atoms with E-state index in [1.54, 1.807) is 32.4 Å². The van der Waals surface area contributed by atoms with Crippen molar-refractivity contribution >= 4 is 46.4 Å². The fraction of sp³-hybridized carbons (Fsp3) is 0.0870. The number of ether oxygens (including phenoxy) is 2. The zero-order valence-corrected chi connectivity index (χ0v) is 17.8. The van der Waals surface area contributed by atoms with Crippen LogP contribution in [0.15, 0.2) is 72.9 Å². The Balaban J connectivity index is 1.53. The summed E-state index contributed by atoms with van der Waals surface area (Å²) in [5, 5.41) is 4.16. The fourth-order valence-corrected chi connectivity index (χ4v) is 5.16. The van der Waals surface area contributed by atoms with Gasteiger partial charge in [0.2, 0.25) is 0 Å². The number of H-pyrrole nitrogens is 1. The van der Waals surface area contributed by atoms with Gasteiger partial charge in [0, 0.05) is 0 Å². The van der Waals surface area contributed by atoms with Crippen LogP contribution in [-0.2, 0) is 0 Å².